The molecule has 0 aromatic heterocycles. The molecule has 1 aromatic rings. The van der Waals surface area contributed by atoms with Crippen LogP contribution >= 0.6 is 15.9 Å². The lowest BCUT2D eigenvalue weighted by Gasteiger charge is -2.18. The molecule has 0 aliphatic rings. The van der Waals surface area contributed by atoms with Crippen molar-refractivity contribution in [1.82, 2.24) is 0 Å². The Morgan fingerprint density at radius 1 is 1.47 bits per heavy atom. The number of benzene rings is 1. The summed E-state index contributed by atoms with van der Waals surface area (Å²) in [5.74, 6) is -0.905. The van der Waals surface area contributed by atoms with Crippen molar-refractivity contribution in [1.29, 1.82) is 0 Å². The van der Waals surface area contributed by atoms with Crippen LogP contribution in [0.4, 0.5) is 5.69 Å². The quantitative estimate of drug-likeness (QED) is 0.830. The molecular formula is C13H18BrNO2. The van der Waals surface area contributed by atoms with Gasteiger partial charge >= 0.3 is 5.97 Å². The molecule has 0 aliphatic carbocycles. The Labute approximate surface area is 110 Å². The van der Waals surface area contributed by atoms with E-state index in [4.69, 9.17) is 5.11 Å². The summed E-state index contributed by atoms with van der Waals surface area (Å²) in [5, 5.41) is 12.3. The number of aromatic carboxylic acids is 1. The SMILES string of the molecule is CCCC(CC)Nc1ccc(C(=O)O)cc1Br. The van der Waals surface area contributed by atoms with Crippen molar-refractivity contribution < 1.29 is 9.90 Å². The lowest BCUT2D eigenvalue weighted by molar-refractivity contribution is 0.0697. The van der Waals surface area contributed by atoms with Gasteiger partial charge in [-0.3, -0.25) is 0 Å². The highest BCUT2D eigenvalue weighted by Crippen LogP contribution is 2.25. The first kappa shape index (κ1) is 14.0. The summed E-state index contributed by atoms with van der Waals surface area (Å²) in [7, 11) is 0. The van der Waals surface area contributed by atoms with Crippen molar-refractivity contribution >= 4 is 27.6 Å². The van der Waals surface area contributed by atoms with Gasteiger partial charge in [0.25, 0.3) is 0 Å². The molecule has 3 nitrogen and oxygen atoms in total. The third-order valence-electron chi connectivity index (χ3n) is 2.71. The maximum absolute atomic E-state index is 10.8. The van der Waals surface area contributed by atoms with Crippen LogP contribution in [-0.4, -0.2) is 17.1 Å². The van der Waals surface area contributed by atoms with E-state index in [2.05, 4.69) is 35.1 Å². The number of carboxylic acid groups (broad SMARTS) is 1. The third kappa shape index (κ3) is 4.04. The lowest BCUT2D eigenvalue weighted by atomic mass is 10.1. The van der Waals surface area contributed by atoms with Gasteiger partial charge in [-0.15, -0.1) is 0 Å². The number of nitrogens with one attached hydrogen (secondary N) is 1. The fourth-order valence-corrected chi connectivity index (χ4v) is 2.21. The van der Waals surface area contributed by atoms with Crippen LogP contribution in [0.5, 0.6) is 0 Å². The number of rotatable bonds is 6. The van der Waals surface area contributed by atoms with E-state index >= 15 is 0 Å². The van der Waals surface area contributed by atoms with Gasteiger partial charge in [-0.2, -0.15) is 0 Å². The Hall–Kier alpha value is -1.03. The summed E-state index contributed by atoms with van der Waals surface area (Å²) in [6.45, 7) is 4.31. The van der Waals surface area contributed by atoms with Gasteiger partial charge in [0, 0.05) is 16.2 Å². The molecule has 0 amide bonds. The molecule has 0 bridgehead atoms. The molecule has 1 aromatic carbocycles. The Morgan fingerprint density at radius 3 is 2.65 bits per heavy atom. The average Bonchev–Trinajstić information content (AvgIpc) is 2.30. The van der Waals surface area contributed by atoms with E-state index in [1.54, 1.807) is 12.1 Å². The minimum Gasteiger partial charge on any atom is -0.478 e. The lowest BCUT2D eigenvalue weighted by Crippen LogP contribution is -2.18. The summed E-state index contributed by atoms with van der Waals surface area (Å²) >= 11 is 3.40. The number of carbonyl (C=O) groups is 1. The fourth-order valence-electron chi connectivity index (χ4n) is 1.71. The Morgan fingerprint density at radius 2 is 2.18 bits per heavy atom. The summed E-state index contributed by atoms with van der Waals surface area (Å²) < 4.78 is 0.798. The molecule has 1 atom stereocenters. The van der Waals surface area contributed by atoms with Gasteiger partial charge in [0.1, 0.15) is 0 Å². The highest BCUT2D eigenvalue weighted by Gasteiger charge is 2.10. The topological polar surface area (TPSA) is 49.3 Å². The Kier molecular flexibility index (Phi) is 5.48. The van der Waals surface area contributed by atoms with E-state index in [0.717, 1.165) is 29.4 Å². The largest absolute Gasteiger partial charge is 0.478 e. The average molecular weight is 300 g/mol. The standard InChI is InChI=1S/C13H18BrNO2/c1-3-5-10(4-2)15-12-7-6-9(13(16)17)8-11(12)14/h6-8,10,15H,3-5H2,1-2H3,(H,16,17). The first-order chi connectivity index (χ1) is 8.08. The van der Waals surface area contributed by atoms with Crippen molar-refractivity contribution in [2.45, 2.75) is 39.2 Å². The maximum atomic E-state index is 10.8. The summed E-state index contributed by atoms with van der Waals surface area (Å²) in [6.07, 6.45) is 3.31. The van der Waals surface area contributed by atoms with Crippen LogP contribution < -0.4 is 5.32 Å². The molecule has 94 valence electrons. The number of anilines is 1. The second-order valence-corrected chi connectivity index (χ2v) is 4.89. The van der Waals surface area contributed by atoms with Crippen LogP contribution in [0.1, 0.15) is 43.5 Å². The van der Waals surface area contributed by atoms with Crippen molar-refractivity contribution in [3.63, 3.8) is 0 Å². The van der Waals surface area contributed by atoms with Gasteiger partial charge in [-0.05, 0) is 47.0 Å². The smallest absolute Gasteiger partial charge is 0.335 e. The van der Waals surface area contributed by atoms with Gasteiger partial charge in [0.15, 0.2) is 0 Å². The van der Waals surface area contributed by atoms with Gasteiger partial charge in [-0.1, -0.05) is 20.3 Å². The molecule has 1 unspecified atom stereocenters. The fraction of sp³-hybridized carbons (Fsp3) is 0.462. The van der Waals surface area contributed by atoms with Gasteiger partial charge in [-0.25, -0.2) is 4.79 Å². The highest BCUT2D eigenvalue weighted by molar-refractivity contribution is 9.10. The van der Waals surface area contributed by atoms with Gasteiger partial charge in [0.2, 0.25) is 0 Å². The van der Waals surface area contributed by atoms with E-state index in [1.165, 1.54) is 0 Å². The van der Waals surface area contributed by atoms with Gasteiger partial charge < -0.3 is 10.4 Å². The Balaban J connectivity index is 2.81. The molecule has 1 rings (SSSR count). The van der Waals surface area contributed by atoms with Crippen LogP contribution in [0.25, 0.3) is 0 Å². The molecule has 0 saturated heterocycles. The monoisotopic (exact) mass is 299 g/mol. The molecule has 0 saturated carbocycles. The molecule has 0 fully saturated rings. The zero-order chi connectivity index (χ0) is 12.8. The van der Waals surface area contributed by atoms with Crippen molar-refractivity contribution in [3.05, 3.63) is 28.2 Å². The van der Waals surface area contributed by atoms with Crippen LogP contribution in [0.2, 0.25) is 0 Å². The summed E-state index contributed by atoms with van der Waals surface area (Å²) in [5.41, 5.74) is 1.25. The number of carboxylic acids is 1. The molecule has 0 spiro atoms. The predicted octanol–water partition coefficient (Wildman–Crippen LogP) is 4.14. The maximum Gasteiger partial charge on any atom is 0.335 e. The zero-order valence-electron chi connectivity index (χ0n) is 10.2. The number of halogens is 1. The Bertz CT molecular complexity index is 393. The van der Waals surface area contributed by atoms with Crippen LogP contribution in [0, 0.1) is 0 Å². The van der Waals surface area contributed by atoms with Crippen LogP contribution in [0.15, 0.2) is 22.7 Å². The minimum absolute atomic E-state index is 0.297. The summed E-state index contributed by atoms with van der Waals surface area (Å²) in [4.78, 5) is 10.8. The third-order valence-corrected chi connectivity index (χ3v) is 3.36. The van der Waals surface area contributed by atoms with Crippen LogP contribution in [-0.2, 0) is 0 Å². The highest BCUT2D eigenvalue weighted by atomic mass is 79.9. The van der Waals surface area contributed by atoms with E-state index in [1.807, 2.05) is 6.07 Å². The van der Waals surface area contributed by atoms with E-state index in [9.17, 15) is 4.79 Å². The minimum atomic E-state index is -0.905. The van der Waals surface area contributed by atoms with E-state index in [-0.39, 0.29) is 0 Å². The molecule has 0 aliphatic heterocycles. The number of hydrogen-bond donors (Lipinski definition) is 2. The van der Waals surface area contributed by atoms with Crippen LogP contribution in [0.3, 0.4) is 0 Å². The predicted molar refractivity (Wildman–Crippen MR) is 73.7 cm³/mol. The second-order valence-electron chi connectivity index (χ2n) is 4.04. The molecule has 2 N–H and O–H groups in total. The van der Waals surface area contributed by atoms with Crippen molar-refractivity contribution in [2.75, 3.05) is 5.32 Å². The summed E-state index contributed by atoms with van der Waals surface area (Å²) in [6, 6.07) is 5.50. The molecule has 4 heteroatoms. The first-order valence-electron chi connectivity index (χ1n) is 5.87. The molecule has 17 heavy (non-hydrogen) atoms. The normalized spacial score (nSPS) is 12.2. The van der Waals surface area contributed by atoms with Crippen molar-refractivity contribution in [2.24, 2.45) is 0 Å². The van der Waals surface area contributed by atoms with E-state index < -0.39 is 5.97 Å². The molecule has 0 heterocycles. The first-order valence-corrected chi connectivity index (χ1v) is 6.67. The zero-order valence-corrected chi connectivity index (χ0v) is 11.8. The van der Waals surface area contributed by atoms with Crippen molar-refractivity contribution in [3.8, 4) is 0 Å². The van der Waals surface area contributed by atoms with Gasteiger partial charge in [0.05, 0.1) is 5.56 Å². The molecule has 0 radical (unpaired) electrons. The van der Waals surface area contributed by atoms with E-state index in [0.29, 0.717) is 11.6 Å². The molecular weight excluding hydrogens is 282 g/mol. The second kappa shape index (κ2) is 6.64. The number of hydrogen-bond acceptors (Lipinski definition) is 2.